The summed E-state index contributed by atoms with van der Waals surface area (Å²) in [6, 6.07) is 8.12. The van der Waals surface area contributed by atoms with Gasteiger partial charge >= 0.3 is 0 Å². The van der Waals surface area contributed by atoms with Crippen LogP contribution in [0.2, 0.25) is 0 Å². The lowest BCUT2D eigenvalue weighted by Crippen LogP contribution is -2.21. The topological polar surface area (TPSA) is 18.5 Å². The minimum atomic E-state index is -0.0820. The average molecular weight is 285 g/mol. The van der Waals surface area contributed by atoms with Gasteiger partial charge in [-0.05, 0) is 51.2 Å². The monoisotopic (exact) mass is 284 g/mol. The molecule has 1 unspecified atom stereocenters. The van der Waals surface area contributed by atoms with Gasteiger partial charge in [-0.25, -0.2) is 0 Å². The molecular formula is C16H25ClO2. The normalized spacial score (nSPS) is 13.3. The van der Waals surface area contributed by atoms with Crippen LogP contribution in [0, 0.1) is 5.92 Å². The smallest absolute Gasteiger partial charge is 0.122 e. The molecule has 1 atom stereocenters. The number of methoxy groups -OCH3 is 1. The number of ether oxygens (including phenoxy) is 2. The molecule has 3 heteroatoms. The quantitative estimate of drug-likeness (QED) is 0.695. The van der Waals surface area contributed by atoms with E-state index < -0.39 is 0 Å². The molecular weight excluding hydrogens is 260 g/mol. The maximum atomic E-state index is 6.07. The first-order valence-corrected chi connectivity index (χ1v) is 7.31. The highest BCUT2D eigenvalue weighted by molar-refractivity contribution is 6.18. The summed E-state index contributed by atoms with van der Waals surface area (Å²) < 4.78 is 11.1. The summed E-state index contributed by atoms with van der Waals surface area (Å²) >= 11 is 6.07. The average Bonchev–Trinajstić information content (AvgIpc) is 2.36. The van der Waals surface area contributed by atoms with Crippen molar-refractivity contribution in [2.75, 3.05) is 19.6 Å². The van der Waals surface area contributed by atoms with Crippen LogP contribution >= 0.6 is 11.6 Å². The van der Waals surface area contributed by atoms with Gasteiger partial charge in [0.15, 0.2) is 0 Å². The number of hydrogen-bond acceptors (Lipinski definition) is 2. The maximum absolute atomic E-state index is 6.07. The predicted molar refractivity (Wildman–Crippen MR) is 81.2 cm³/mol. The largest absolute Gasteiger partial charge is 0.496 e. The molecule has 0 amide bonds. The predicted octanol–water partition coefficient (Wildman–Crippen LogP) is 4.30. The van der Waals surface area contributed by atoms with Gasteiger partial charge in [-0.15, -0.1) is 11.6 Å². The van der Waals surface area contributed by atoms with Crippen molar-refractivity contribution in [3.63, 3.8) is 0 Å². The zero-order valence-corrected chi connectivity index (χ0v) is 13.2. The van der Waals surface area contributed by atoms with Crippen LogP contribution in [0.3, 0.4) is 0 Å². The second kappa shape index (κ2) is 7.76. The van der Waals surface area contributed by atoms with Crippen LogP contribution in [0.15, 0.2) is 24.3 Å². The van der Waals surface area contributed by atoms with Gasteiger partial charge in [0, 0.05) is 12.5 Å². The molecule has 0 radical (unpaired) electrons. The highest BCUT2D eigenvalue weighted by Crippen LogP contribution is 2.23. The Balaban J connectivity index is 2.52. The summed E-state index contributed by atoms with van der Waals surface area (Å²) in [4.78, 5) is 0. The molecule has 1 aromatic rings. The van der Waals surface area contributed by atoms with Gasteiger partial charge in [0.05, 0.1) is 12.7 Å². The Bertz CT molecular complexity index is 371. The van der Waals surface area contributed by atoms with E-state index >= 15 is 0 Å². The molecule has 0 saturated heterocycles. The van der Waals surface area contributed by atoms with E-state index in [-0.39, 0.29) is 5.60 Å². The second-order valence-corrected chi connectivity index (χ2v) is 6.09. The van der Waals surface area contributed by atoms with Crippen LogP contribution in [0.5, 0.6) is 5.75 Å². The third kappa shape index (κ3) is 6.31. The van der Waals surface area contributed by atoms with E-state index in [0.29, 0.717) is 11.8 Å². The Kier molecular flexibility index (Phi) is 6.67. The van der Waals surface area contributed by atoms with E-state index in [2.05, 4.69) is 26.8 Å². The third-order valence-electron chi connectivity index (χ3n) is 2.98. The van der Waals surface area contributed by atoms with E-state index in [0.717, 1.165) is 25.2 Å². The number of hydrogen-bond donors (Lipinski definition) is 0. The Morgan fingerprint density at radius 1 is 1.21 bits per heavy atom. The summed E-state index contributed by atoms with van der Waals surface area (Å²) in [6.07, 6.45) is 1.90. The molecule has 0 aromatic heterocycles. The van der Waals surface area contributed by atoms with Crippen molar-refractivity contribution >= 4 is 11.6 Å². The fourth-order valence-electron chi connectivity index (χ4n) is 1.95. The number of rotatable bonds is 7. The zero-order chi connectivity index (χ0) is 14.3. The van der Waals surface area contributed by atoms with E-state index in [1.165, 1.54) is 5.56 Å². The molecule has 0 aliphatic heterocycles. The second-order valence-electron chi connectivity index (χ2n) is 5.79. The first kappa shape index (κ1) is 16.3. The summed E-state index contributed by atoms with van der Waals surface area (Å²) in [5.74, 6) is 2.00. The molecule has 0 N–H and O–H groups in total. The number of alkyl halides is 1. The van der Waals surface area contributed by atoms with Gasteiger partial charge in [-0.3, -0.25) is 0 Å². The molecule has 19 heavy (non-hydrogen) atoms. The lowest BCUT2D eigenvalue weighted by atomic mass is 9.97. The first-order valence-electron chi connectivity index (χ1n) is 6.78. The number of para-hydroxylation sites is 1. The lowest BCUT2D eigenvalue weighted by Gasteiger charge is -2.22. The van der Waals surface area contributed by atoms with Crippen LogP contribution in [-0.4, -0.2) is 25.2 Å². The molecule has 0 saturated carbocycles. The highest BCUT2D eigenvalue weighted by atomic mass is 35.5. The standard InChI is InChI=1S/C16H25ClO2/c1-16(2,3)19-10-9-13(12-17)11-14-7-5-6-8-15(14)18-4/h5-8,13H,9-12H2,1-4H3. The number of benzene rings is 1. The Hall–Kier alpha value is -0.730. The molecule has 0 aliphatic carbocycles. The SMILES string of the molecule is COc1ccccc1CC(CCl)CCOC(C)(C)C. The third-order valence-corrected chi connectivity index (χ3v) is 3.42. The van der Waals surface area contributed by atoms with E-state index in [1.54, 1.807) is 7.11 Å². The van der Waals surface area contributed by atoms with E-state index in [4.69, 9.17) is 21.1 Å². The molecule has 0 heterocycles. The lowest BCUT2D eigenvalue weighted by molar-refractivity contribution is -0.00833. The van der Waals surface area contributed by atoms with Crippen molar-refractivity contribution in [1.29, 1.82) is 0 Å². The van der Waals surface area contributed by atoms with Crippen molar-refractivity contribution in [2.45, 2.75) is 39.2 Å². The van der Waals surface area contributed by atoms with Crippen molar-refractivity contribution in [2.24, 2.45) is 5.92 Å². The summed E-state index contributed by atoms with van der Waals surface area (Å²) in [5, 5.41) is 0. The molecule has 108 valence electrons. The minimum Gasteiger partial charge on any atom is -0.496 e. The van der Waals surface area contributed by atoms with Gasteiger partial charge < -0.3 is 9.47 Å². The Labute approximate surface area is 122 Å². The van der Waals surface area contributed by atoms with E-state index in [1.807, 2.05) is 18.2 Å². The Morgan fingerprint density at radius 2 is 1.89 bits per heavy atom. The molecule has 1 rings (SSSR count). The molecule has 0 aliphatic rings. The maximum Gasteiger partial charge on any atom is 0.122 e. The molecule has 2 nitrogen and oxygen atoms in total. The first-order chi connectivity index (χ1) is 8.96. The van der Waals surface area contributed by atoms with Crippen molar-refractivity contribution in [3.8, 4) is 5.75 Å². The fourth-order valence-corrected chi connectivity index (χ4v) is 2.21. The summed E-state index contributed by atoms with van der Waals surface area (Å²) in [5.41, 5.74) is 1.13. The van der Waals surface area contributed by atoms with Crippen molar-refractivity contribution < 1.29 is 9.47 Å². The molecule has 0 bridgehead atoms. The summed E-state index contributed by atoms with van der Waals surface area (Å²) in [6.45, 7) is 6.96. The highest BCUT2D eigenvalue weighted by Gasteiger charge is 2.14. The minimum absolute atomic E-state index is 0.0820. The molecule has 0 spiro atoms. The molecule has 1 aromatic carbocycles. The van der Waals surface area contributed by atoms with Gasteiger partial charge in [0.25, 0.3) is 0 Å². The van der Waals surface area contributed by atoms with Crippen molar-refractivity contribution in [1.82, 2.24) is 0 Å². The van der Waals surface area contributed by atoms with Crippen LogP contribution in [-0.2, 0) is 11.2 Å². The van der Waals surface area contributed by atoms with Crippen LogP contribution in [0.1, 0.15) is 32.8 Å². The molecule has 0 fully saturated rings. The van der Waals surface area contributed by atoms with E-state index in [9.17, 15) is 0 Å². The van der Waals surface area contributed by atoms with Gasteiger partial charge in [-0.1, -0.05) is 18.2 Å². The van der Waals surface area contributed by atoms with Crippen LogP contribution in [0.4, 0.5) is 0 Å². The fraction of sp³-hybridized carbons (Fsp3) is 0.625. The number of halogens is 1. The Morgan fingerprint density at radius 3 is 2.47 bits per heavy atom. The van der Waals surface area contributed by atoms with Crippen LogP contribution < -0.4 is 4.74 Å². The van der Waals surface area contributed by atoms with Gasteiger partial charge in [0.1, 0.15) is 5.75 Å². The van der Waals surface area contributed by atoms with Gasteiger partial charge in [0.2, 0.25) is 0 Å². The van der Waals surface area contributed by atoms with Gasteiger partial charge in [-0.2, -0.15) is 0 Å². The zero-order valence-electron chi connectivity index (χ0n) is 12.4. The van der Waals surface area contributed by atoms with Crippen LogP contribution in [0.25, 0.3) is 0 Å². The van der Waals surface area contributed by atoms with Crippen molar-refractivity contribution in [3.05, 3.63) is 29.8 Å². The summed E-state index contributed by atoms with van der Waals surface area (Å²) in [7, 11) is 1.71.